The molecule has 1 atom stereocenters. The number of Topliss-reactive ketones (excluding diaryl/α,β-unsaturated/α-hetero) is 1. The van der Waals surface area contributed by atoms with Crippen molar-refractivity contribution in [2.75, 3.05) is 26.2 Å². The maximum absolute atomic E-state index is 15.2. The molecule has 2 fully saturated rings. The number of alkyl halides is 1. The largest absolute Gasteiger partial charge is 0.390 e. The van der Waals surface area contributed by atoms with Crippen LogP contribution in [0.2, 0.25) is 0 Å². The van der Waals surface area contributed by atoms with Crippen molar-refractivity contribution >= 4 is 32.3 Å². The summed E-state index contributed by atoms with van der Waals surface area (Å²) < 4.78 is 31.3. The van der Waals surface area contributed by atoms with Crippen molar-refractivity contribution < 1.29 is 18.7 Å². The van der Waals surface area contributed by atoms with Crippen LogP contribution in [-0.2, 0) is 6.61 Å². The Bertz CT molecular complexity index is 1490. The van der Waals surface area contributed by atoms with Gasteiger partial charge in [-0.25, -0.2) is 13.8 Å². The first-order chi connectivity index (χ1) is 19.0. The first-order valence-corrected chi connectivity index (χ1v) is 14.8. The predicted molar refractivity (Wildman–Crippen MR) is 151 cm³/mol. The number of piperidine rings is 1. The third kappa shape index (κ3) is 5.37. The molecule has 6 rings (SSSR count). The number of likely N-dealkylation sites (tertiary alicyclic amines) is 1. The molecule has 0 amide bonds. The number of aromatic nitrogens is 2. The van der Waals surface area contributed by atoms with Crippen LogP contribution in [0.1, 0.15) is 72.6 Å². The predicted octanol–water partition coefficient (Wildman–Crippen LogP) is 6.06. The second-order valence-electron chi connectivity index (χ2n) is 10.8. The topological polar surface area (TPSA) is 69.9 Å². The number of thiazole rings is 1. The number of carbonyl (C=O) groups is 1. The van der Waals surface area contributed by atoms with E-state index in [0.29, 0.717) is 46.7 Å². The number of fused-ring (bicyclic) bond motifs is 3. The minimum atomic E-state index is -0.662. The van der Waals surface area contributed by atoms with Gasteiger partial charge in [0.05, 0.1) is 28.2 Å². The molecule has 0 aliphatic carbocycles. The van der Waals surface area contributed by atoms with Crippen molar-refractivity contribution in [2.45, 2.75) is 63.8 Å². The third-order valence-electron chi connectivity index (χ3n) is 8.17. The Balaban J connectivity index is 1.18. The standard InChI is InChI=1S/C30H34F2N4O2S/c31-21-10-14-35(15-11-21)13-2-1-5-27(38)20-7-9-25-28(17-20)39-30-34-29(26(18-37)36(25)30)22-8-6-19(16-23(22)32)24-4-3-12-33-24/h6-9,16-17,21,24,33,37H,1-5,10-15,18H2/t24-/m1/s1. The molecule has 2 N–H and O–H groups in total. The van der Waals surface area contributed by atoms with Crippen LogP contribution in [0.5, 0.6) is 0 Å². The van der Waals surface area contributed by atoms with E-state index in [1.54, 1.807) is 12.1 Å². The van der Waals surface area contributed by atoms with Crippen LogP contribution in [0.25, 0.3) is 26.4 Å². The van der Waals surface area contributed by atoms with Gasteiger partial charge in [-0.1, -0.05) is 17.4 Å². The summed E-state index contributed by atoms with van der Waals surface area (Å²) in [6.07, 6.45) is 4.86. The maximum Gasteiger partial charge on any atom is 0.195 e. The van der Waals surface area contributed by atoms with Gasteiger partial charge in [0, 0.05) is 36.7 Å². The number of carbonyl (C=O) groups excluding carboxylic acids is 1. The molecule has 39 heavy (non-hydrogen) atoms. The molecule has 2 aromatic carbocycles. The summed E-state index contributed by atoms with van der Waals surface area (Å²) in [5, 5.41) is 13.7. The Kier molecular flexibility index (Phi) is 7.75. The summed E-state index contributed by atoms with van der Waals surface area (Å²) >= 11 is 1.43. The number of rotatable bonds is 9. The maximum atomic E-state index is 15.2. The molecule has 0 unspecified atom stereocenters. The lowest BCUT2D eigenvalue weighted by Crippen LogP contribution is -2.35. The van der Waals surface area contributed by atoms with Crippen LogP contribution >= 0.6 is 11.3 Å². The van der Waals surface area contributed by atoms with Gasteiger partial charge in [0.1, 0.15) is 12.0 Å². The lowest BCUT2D eigenvalue weighted by atomic mass is 10.0. The second kappa shape index (κ2) is 11.4. The van der Waals surface area contributed by atoms with Gasteiger partial charge in [0.2, 0.25) is 0 Å². The minimum Gasteiger partial charge on any atom is -0.390 e. The molecule has 0 bridgehead atoms. The number of ketones is 1. The fourth-order valence-electron chi connectivity index (χ4n) is 5.96. The molecular formula is C30H34F2N4O2S. The van der Waals surface area contributed by atoms with Gasteiger partial charge in [-0.3, -0.25) is 9.20 Å². The lowest BCUT2D eigenvalue weighted by Gasteiger charge is -2.28. The van der Waals surface area contributed by atoms with Crippen molar-refractivity contribution in [3.8, 4) is 11.3 Å². The van der Waals surface area contributed by atoms with Gasteiger partial charge >= 0.3 is 0 Å². The zero-order valence-corrected chi connectivity index (χ0v) is 22.8. The second-order valence-corrected chi connectivity index (χ2v) is 11.8. The van der Waals surface area contributed by atoms with Crippen molar-refractivity contribution in [1.82, 2.24) is 19.6 Å². The number of imidazole rings is 1. The van der Waals surface area contributed by atoms with Crippen LogP contribution < -0.4 is 5.32 Å². The molecule has 0 radical (unpaired) electrons. The van der Waals surface area contributed by atoms with Crippen molar-refractivity contribution in [3.05, 3.63) is 59.0 Å². The normalized spacial score (nSPS) is 19.0. The fraction of sp³-hybridized carbons (Fsp3) is 0.467. The number of nitrogens with zero attached hydrogens (tertiary/aromatic N) is 3. The number of benzene rings is 2. The van der Waals surface area contributed by atoms with E-state index in [2.05, 4.69) is 10.2 Å². The van der Waals surface area contributed by atoms with Crippen molar-refractivity contribution in [2.24, 2.45) is 0 Å². The highest BCUT2D eigenvalue weighted by Crippen LogP contribution is 2.36. The molecule has 2 aromatic heterocycles. The summed E-state index contributed by atoms with van der Waals surface area (Å²) in [4.78, 5) is 20.6. The first-order valence-electron chi connectivity index (χ1n) is 14.0. The molecule has 0 spiro atoms. The average Bonchev–Trinajstić information content (AvgIpc) is 3.67. The molecule has 206 valence electrons. The van der Waals surface area contributed by atoms with E-state index in [1.807, 2.05) is 28.7 Å². The molecule has 9 heteroatoms. The van der Waals surface area contributed by atoms with E-state index in [-0.39, 0.29) is 24.2 Å². The first kappa shape index (κ1) is 26.5. The number of hydrogen-bond acceptors (Lipinski definition) is 6. The SMILES string of the molecule is O=C(CCCCN1CCC(F)CC1)c1ccc2c(c1)sc1nc(-c3ccc([C@H]4CCCN4)cc3F)c(CO)n12. The van der Waals surface area contributed by atoms with Gasteiger partial charge in [0.25, 0.3) is 0 Å². The Labute approximate surface area is 230 Å². The van der Waals surface area contributed by atoms with E-state index in [4.69, 9.17) is 4.98 Å². The highest BCUT2D eigenvalue weighted by molar-refractivity contribution is 7.23. The van der Waals surface area contributed by atoms with Crippen LogP contribution in [0.4, 0.5) is 8.78 Å². The average molecular weight is 553 g/mol. The summed E-state index contributed by atoms with van der Waals surface area (Å²) in [6.45, 7) is 3.19. The highest BCUT2D eigenvalue weighted by Gasteiger charge is 2.23. The molecule has 4 aromatic rings. The molecule has 2 saturated heterocycles. The molecule has 0 saturated carbocycles. The number of aliphatic hydroxyl groups is 1. The summed E-state index contributed by atoms with van der Waals surface area (Å²) in [7, 11) is 0. The van der Waals surface area contributed by atoms with Gasteiger partial charge in [-0.05, 0) is 87.5 Å². The highest BCUT2D eigenvalue weighted by atomic mass is 32.1. The van der Waals surface area contributed by atoms with E-state index in [1.165, 1.54) is 11.3 Å². The monoisotopic (exact) mass is 552 g/mol. The Hall–Kier alpha value is -2.72. The smallest absolute Gasteiger partial charge is 0.195 e. The summed E-state index contributed by atoms with van der Waals surface area (Å²) in [5.41, 5.74) is 3.81. The number of hydrogen-bond donors (Lipinski definition) is 2. The van der Waals surface area contributed by atoms with Gasteiger partial charge in [-0.15, -0.1) is 0 Å². The molecule has 2 aliphatic rings. The number of aliphatic hydroxyl groups excluding tert-OH is 1. The van der Waals surface area contributed by atoms with Gasteiger partial charge in [0.15, 0.2) is 10.7 Å². The van der Waals surface area contributed by atoms with Crippen LogP contribution in [0.3, 0.4) is 0 Å². The Morgan fingerprint density at radius 1 is 1.13 bits per heavy atom. The molecular weight excluding hydrogens is 518 g/mol. The van der Waals surface area contributed by atoms with Crippen LogP contribution in [-0.4, -0.2) is 57.5 Å². The van der Waals surface area contributed by atoms with E-state index in [9.17, 15) is 14.3 Å². The molecule has 4 heterocycles. The van der Waals surface area contributed by atoms with E-state index >= 15 is 4.39 Å². The van der Waals surface area contributed by atoms with Gasteiger partial charge in [-0.2, -0.15) is 0 Å². The molecule has 6 nitrogen and oxygen atoms in total. The minimum absolute atomic E-state index is 0.104. The lowest BCUT2D eigenvalue weighted by molar-refractivity contribution is 0.0976. The zero-order chi connectivity index (χ0) is 26.9. The number of nitrogens with one attached hydrogen (secondary N) is 1. The van der Waals surface area contributed by atoms with E-state index < -0.39 is 6.17 Å². The number of unbranched alkanes of at least 4 members (excludes halogenated alkanes) is 1. The zero-order valence-electron chi connectivity index (χ0n) is 22.0. The Morgan fingerprint density at radius 3 is 2.72 bits per heavy atom. The fourth-order valence-corrected chi connectivity index (χ4v) is 7.04. The summed E-state index contributed by atoms with van der Waals surface area (Å²) in [6, 6.07) is 11.1. The Morgan fingerprint density at radius 2 is 1.97 bits per heavy atom. The quantitative estimate of drug-likeness (QED) is 0.195. The number of halogens is 2. The van der Waals surface area contributed by atoms with E-state index in [0.717, 1.165) is 67.6 Å². The summed E-state index contributed by atoms with van der Waals surface area (Å²) in [5.74, 6) is -0.238. The third-order valence-corrected chi connectivity index (χ3v) is 9.18. The van der Waals surface area contributed by atoms with Crippen LogP contribution in [0.15, 0.2) is 36.4 Å². The van der Waals surface area contributed by atoms with Crippen LogP contribution in [0, 0.1) is 5.82 Å². The van der Waals surface area contributed by atoms with Gasteiger partial charge < -0.3 is 15.3 Å². The molecule has 2 aliphatic heterocycles. The van der Waals surface area contributed by atoms with Crippen molar-refractivity contribution in [3.63, 3.8) is 0 Å². The van der Waals surface area contributed by atoms with Crippen molar-refractivity contribution in [1.29, 1.82) is 0 Å².